The second kappa shape index (κ2) is 5.82. The lowest BCUT2D eigenvalue weighted by Crippen LogP contribution is -2.37. The molecule has 0 amide bonds. The highest BCUT2D eigenvalue weighted by Gasteiger charge is 2.27. The van der Waals surface area contributed by atoms with E-state index in [9.17, 15) is 8.42 Å². The number of benzene rings is 1. The molecule has 0 radical (unpaired) electrons. The molecule has 5 heteroatoms. The summed E-state index contributed by atoms with van der Waals surface area (Å²) in [4.78, 5) is 0. The molecule has 1 aromatic carbocycles. The van der Waals surface area contributed by atoms with Gasteiger partial charge in [-0.25, -0.2) is 8.42 Å². The quantitative estimate of drug-likeness (QED) is 0.846. The Bertz CT molecular complexity index is 518. The molecule has 1 rings (SSSR count). The maximum Gasteiger partial charge on any atom is 0.235 e. The van der Waals surface area contributed by atoms with E-state index in [2.05, 4.69) is 0 Å². The third-order valence-electron chi connectivity index (χ3n) is 2.54. The maximum absolute atomic E-state index is 12.5. The molecular weight excluding hydrogens is 260 g/mol. The number of nitrogens with two attached hydrogens (primary N) is 1. The molecule has 0 unspecified atom stereocenters. The molecule has 0 fully saturated rings. The minimum atomic E-state index is -3.33. The molecule has 4 nitrogen and oxygen atoms in total. The predicted octanol–water partition coefficient (Wildman–Crippen LogP) is 2.86. The van der Waals surface area contributed by atoms with Crippen LogP contribution in [-0.4, -0.2) is 20.7 Å². The number of anilines is 2. The van der Waals surface area contributed by atoms with Crippen molar-refractivity contribution in [2.45, 2.75) is 34.1 Å². The standard InChI is InChI=1S/C14H24N2O2S/c1-5-9-16(13-8-6-7-12(15)10-13)19(17,18)11-14(2,3)4/h6-8,10H,5,9,11,15H2,1-4H3. The van der Waals surface area contributed by atoms with Gasteiger partial charge in [0.15, 0.2) is 0 Å². The summed E-state index contributed by atoms with van der Waals surface area (Å²) in [6.45, 7) is 8.21. The molecule has 0 aromatic heterocycles. The van der Waals surface area contributed by atoms with Crippen molar-refractivity contribution in [2.75, 3.05) is 22.3 Å². The Hall–Kier alpha value is -1.23. The van der Waals surface area contributed by atoms with Crippen molar-refractivity contribution in [1.29, 1.82) is 0 Å². The van der Waals surface area contributed by atoms with Crippen molar-refractivity contribution in [2.24, 2.45) is 5.41 Å². The minimum Gasteiger partial charge on any atom is -0.399 e. The zero-order valence-corrected chi connectivity index (χ0v) is 13.0. The topological polar surface area (TPSA) is 63.4 Å². The summed E-state index contributed by atoms with van der Waals surface area (Å²) in [5.41, 5.74) is 6.69. The van der Waals surface area contributed by atoms with Crippen molar-refractivity contribution in [3.63, 3.8) is 0 Å². The van der Waals surface area contributed by atoms with E-state index >= 15 is 0 Å². The van der Waals surface area contributed by atoms with Gasteiger partial charge >= 0.3 is 0 Å². The van der Waals surface area contributed by atoms with E-state index in [-0.39, 0.29) is 11.2 Å². The van der Waals surface area contributed by atoms with Crippen LogP contribution in [0.3, 0.4) is 0 Å². The lowest BCUT2D eigenvalue weighted by atomic mass is 10.0. The Morgan fingerprint density at radius 1 is 1.26 bits per heavy atom. The van der Waals surface area contributed by atoms with Gasteiger partial charge in [-0.15, -0.1) is 0 Å². The van der Waals surface area contributed by atoms with Crippen LogP contribution < -0.4 is 10.0 Å². The monoisotopic (exact) mass is 284 g/mol. The first-order valence-electron chi connectivity index (χ1n) is 6.52. The van der Waals surface area contributed by atoms with Crippen LogP contribution in [0.4, 0.5) is 11.4 Å². The van der Waals surface area contributed by atoms with Gasteiger partial charge in [-0.3, -0.25) is 4.31 Å². The highest BCUT2D eigenvalue weighted by Crippen LogP contribution is 2.25. The molecule has 0 spiro atoms. The molecule has 0 saturated carbocycles. The molecule has 0 heterocycles. The highest BCUT2D eigenvalue weighted by atomic mass is 32.2. The molecule has 1 aromatic rings. The van der Waals surface area contributed by atoms with Crippen LogP contribution in [0.2, 0.25) is 0 Å². The van der Waals surface area contributed by atoms with Gasteiger partial charge in [-0.05, 0) is 30.0 Å². The van der Waals surface area contributed by atoms with Crippen LogP contribution in [-0.2, 0) is 10.0 Å². The number of rotatable bonds is 5. The first-order valence-corrected chi connectivity index (χ1v) is 8.12. The van der Waals surface area contributed by atoms with E-state index < -0.39 is 10.0 Å². The van der Waals surface area contributed by atoms with Crippen molar-refractivity contribution in [3.05, 3.63) is 24.3 Å². The van der Waals surface area contributed by atoms with Gasteiger partial charge in [0.1, 0.15) is 0 Å². The van der Waals surface area contributed by atoms with E-state index in [0.29, 0.717) is 17.9 Å². The maximum atomic E-state index is 12.5. The van der Waals surface area contributed by atoms with Crippen molar-refractivity contribution in [1.82, 2.24) is 0 Å². The van der Waals surface area contributed by atoms with Crippen molar-refractivity contribution in [3.8, 4) is 0 Å². The van der Waals surface area contributed by atoms with Crippen LogP contribution >= 0.6 is 0 Å². The smallest absolute Gasteiger partial charge is 0.235 e. The molecule has 0 aliphatic rings. The zero-order chi connectivity index (χ0) is 14.7. The molecule has 19 heavy (non-hydrogen) atoms. The summed E-state index contributed by atoms with van der Waals surface area (Å²) in [6.07, 6.45) is 0.762. The molecule has 2 N–H and O–H groups in total. The van der Waals surface area contributed by atoms with E-state index in [1.807, 2.05) is 27.7 Å². The van der Waals surface area contributed by atoms with E-state index in [0.717, 1.165) is 6.42 Å². The van der Waals surface area contributed by atoms with E-state index in [4.69, 9.17) is 5.73 Å². The largest absolute Gasteiger partial charge is 0.399 e. The third kappa shape index (κ3) is 4.74. The van der Waals surface area contributed by atoms with Gasteiger partial charge < -0.3 is 5.73 Å². The molecule has 108 valence electrons. The normalized spacial score (nSPS) is 12.4. The van der Waals surface area contributed by atoms with Crippen LogP contribution in [0.5, 0.6) is 0 Å². The number of hydrogen-bond acceptors (Lipinski definition) is 3. The number of sulfonamides is 1. The Morgan fingerprint density at radius 2 is 1.89 bits per heavy atom. The number of nitrogens with zero attached hydrogens (tertiary/aromatic N) is 1. The van der Waals surface area contributed by atoms with Gasteiger partial charge in [-0.2, -0.15) is 0 Å². The Balaban J connectivity index is 3.14. The highest BCUT2D eigenvalue weighted by molar-refractivity contribution is 7.92. The van der Waals surface area contributed by atoms with E-state index in [1.54, 1.807) is 24.3 Å². The lowest BCUT2D eigenvalue weighted by molar-refractivity contribution is 0.460. The molecular formula is C14H24N2O2S. The summed E-state index contributed by atoms with van der Waals surface area (Å²) < 4.78 is 26.5. The molecule has 0 saturated heterocycles. The fourth-order valence-electron chi connectivity index (χ4n) is 1.94. The average molecular weight is 284 g/mol. The van der Waals surface area contributed by atoms with Crippen molar-refractivity contribution >= 4 is 21.4 Å². The molecule has 0 bridgehead atoms. The summed E-state index contributed by atoms with van der Waals surface area (Å²) in [7, 11) is -3.33. The Morgan fingerprint density at radius 3 is 2.37 bits per heavy atom. The van der Waals surface area contributed by atoms with Crippen LogP contribution in [0.15, 0.2) is 24.3 Å². The van der Waals surface area contributed by atoms with Gasteiger partial charge in [0, 0.05) is 12.2 Å². The van der Waals surface area contributed by atoms with Crippen LogP contribution in [0, 0.1) is 5.41 Å². The second-order valence-corrected chi connectivity index (χ2v) is 7.88. The number of nitrogen functional groups attached to an aromatic ring is 1. The van der Waals surface area contributed by atoms with Gasteiger partial charge in [-0.1, -0.05) is 33.8 Å². The first-order chi connectivity index (χ1) is 8.65. The van der Waals surface area contributed by atoms with Crippen LogP contribution in [0.25, 0.3) is 0 Å². The van der Waals surface area contributed by atoms with E-state index in [1.165, 1.54) is 4.31 Å². The fraction of sp³-hybridized carbons (Fsp3) is 0.571. The molecule has 0 atom stereocenters. The van der Waals surface area contributed by atoms with Crippen LogP contribution in [0.1, 0.15) is 34.1 Å². The third-order valence-corrected chi connectivity index (χ3v) is 4.83. The average Bonchev–Trinajstić information content (AvgIpc) is 2.22. The van der Waals surface area contributed by atoms with Gasteiger partial charge in [0.25, 0.3) is 0 Å². The molecule has 0 aliphatic carbocycles. The zero-order valence-electron chi connectivity index (χ0n) is 12.2. The second-order valence-electron chi connectivity index (χ2n) is 5.98. The molecule has 0 aliphatic heterocycles. The van der Waals surface area contributed by atoms with Crippen molar-refractivity contribution < 1.29 is 8.42 Å². The van der Waals surface area contributed by atoms with Gasteiger partial charge in [0.2, 0.25) is 10.0 Å². The first kappa shape index (κ1) is 15.8. The number of hydrogen-bond donors (Lipinski definition) is 1. The Kier molecular flexibility index (Phi) is 4.85. The van der Waals surface area contributed by atoms with Gasteiger partial charge in [0.05, 0.1) is 11.4 Å². The fourth-order valence-corrected chi connectivity index (χ4v) is 4.08. The Labute approximate surface area is 116 Å². The summed E-state index contributed by atoms with van der Waals surface area (Å²) >= 11 is 0. The summed E-state index contributed by atoms with van der Waals surface area (Å²) in [6, 6.07) is 7.02. The summed E-state index contributed by atoms with van der Waals surface area (Å²) in [5, 5.41) is 0. The minimum absolute atomic E-state index is 0.120. The SMILES string of the molecule is CCCN(c1cccc(N)c1)S(=O)(=O)CC(C)(C)C. The lowest BCUT2D eigenvalue weighted by Gasteiger charge is -2.28. The predicted molar refractivity (Wildman–Crippen MR) is 81.7 cm³/mol. The summed E-state index contributed by atoms with van der Waals surface area (Å²) in [5.74, 6) is 0.120.